The Kier molecular flexibility index (Phi) is 5.71. The predicted octanol–water partition coefficient (Wildman–Crippen LogP) is 6.76. The molecule has 0 atom stereocenters. The van der Waals surface area contributed by atoms with Crippen LogP contribution in [0.4, 0.5) is 13.2 Å². The fourth-order valence-electron chi connectivity index (χ4n) is 4.02. The molecule has 2 aliphatic carbocycles. The number of hydrogen-bond donors (Lipinski definition) is 0. The Balaban J connectivity index is 1.78. The maximum absolute atomic E-state index is 13.0. The maximum atomic E-state index is 13.0. The highest BCUT2D eigenvalue weighted by Gasteiger charge is 2.39. The first-order valence-electron chi connectivity index (χ1n) is 10.1. The lowest BCUT2D eigenvalue weighted by molar-refractivity contribution is -0.144. The van der Waals surface area contributed by atoms with Crippen LogP contribution in [0.2, 0.25) is 5.02 Å². The zero-order valence-electron chi connectivity index (χ0n) is 16.3. The molecule has 2 saturated carbocycles. The Morgan fingerprint density at radius 3 is 2.33 bits per heavy atom. The van der Waals surface area contributed by atoms with E-state index in [0.29, 0.717) is 53.7 Å². The first kappa shape index (κ1) is 21.0. The summed E-state index contributed by atoms with van der Waals surface area (Å²) in [6, 6.07) is 8.50. The molecule has 2 fully saturated rings. The van der Waals surface area contributed by atoms with Crippen molar-refractivity contribution in [2.24, 2.45) is 5.92 Å². The van der Waals surface area contributed by atoms with E-state index >= 15 is 0 Å². The van der Waals surface area contributed by atoms with Crippen molar-refractivity contribution in [2.75, 3.05) is 6.61 Å². The van der Waals surface area contributed by atoms with E-state index in [9.17, 15) is 18.0 Å². The Hall–Kier alpha value is -2.21. The first-order chi connectivity index (χ1) is 14.3. The van der Waals surface area contributed by atoms with E-state index in [4.69, 9.17) is 21.1 Å². The highest BCUT2D eigenvalue weighted by Crippen LogP contribution is 2.47. The predicted molar refractivity (Wildman–Crippen MR) is 107 cm³/mol. The lowest BCUT2D eigenvalue weighted by Gasteiger charge is -2.29. The number of carbonyl (C=O) groups is 1. The number of halogens is 4. The van der Waals surface area contributed by atoms with Crippen molar-refractivity contribution in [1.29, 1.82) is 0 Å². The summed E-state index contributed by atoms with van der Waals surface area (Å²) in [5.41, 5.74) is 0.391. The molecule has 0 heterocycles. The van der Waals surface area contributed by atoms with Crippen LogP contribution in [-0.2, 0) is 21.3 Å². The summed E-state index contributed by atoms with van der Waals surface area (Å²) in [6.45, 7) is 1.000. The van der Waals surface area contributed by atoms with E-state index in [2.05, 4.69) is 0 Å². The topological polar surface area (TPSA) is 35.5 Å². The molecule has 0 bridgehead atoms. The van der Waals surface area contributed by atoms with E-state index in [1.54, 1.807) is 0 Å². The monoisotopic (exact) mass is 438 g/mol. The van der Waals surface area contributed by atoms with Crippen LogP contribution in [0.1, 0.15) is 49.7 Å². The zero-order valence-corrected chi connectivity index (χ0v) is 17.1. The van der Waals surface area contributed by atoms with Gasteiger partial charge in [0.05, 0.1) is 17.2 Å². The minimum absolute atomic E-state index is 0.346. The molecule has 4 rings (SSSR count). The van der Waals surface area contributed by atoms with E-state index in [-0.39, 0.29) is 0 Å². The largest absolute Gasteiger partial charge is 0.492 e. The molecule has 0 saturated heterocycles. The summed E-state index contributed by atoms with van der Waals surface area (Å²) < 4.78 is 50.4. The average molecular weight is 439 g/mol. The van der Waals surface area contributed by atoms with Gasteiger partial charge in [-0.1, -0.05) is 23.7 Å². The van der Waals surface area contributed by atoms with Crippen LogP contribution < -0.4 is 4.74 Å². The number of hydrogen-bond acceptors (Lipinski definition) is 3. The van der Waals surface area contributed by atoms with Crippen molar-refractivity contribution in [1.82, 2.24) is 0 Å². The van der Waals surface area contributed by atoms with Gasteiger partial charge in [0, 0.05) is 5.56 Å². The van der Waals surface area contributed by atoms with Gasteiger partial charge in [0.1, 0.15) is 11.4 Å². The summed E-state index contributed by atoms with van der Waals surface area (Å²) in [7, 11) is 0. The Labute approximate surface area is 178 Å². The molecule has 0 aromatic heterocycles. The van der Waals surface area contributed by atoms with Crippen LogP contribution in [0.15, 0.2) is 36.4 Å². The van der Waals surface area contributed by atoms with E-state index < -0.39 is 17.3 Å². The van der Waals surface area contributed by atoms with Crippen LogP contribution in [-0.4, -0.2) is 13.1 Å². The Bertz CT molecular complexity index is 915. The number of benzene rings is 2. The molecule has 0 N–H and O–H groups in total. The molecule has 30 heavy (non-hydrogen) atoms. The molecular formula is C23H22ClF3O3. The minimum atomic E-state index is -4.41. The van der Waals surface area contributed by atoms with Crippen molar-refractivity contribution in [3.63, 3.8) is 0 Å². The highest BCUT2D eigenvalue weighted by atomic mass is 35.5. The third-order valence-corrected chi connectivity index (χ3v) is 6.33. The number of ether oxygens (including phenoxy) is 2. The molecule has 160 valence electrons. The molecule has 0 unspecified atom stereocenters. The van der Waals surface area contributed by atoms with Gasteiger partial charge in [-0.25, -0.2) is 0 Å². The van der Waals surface area contributed by atoms with Gasteiger partial charge < -0.3 is 9.47 Å². The molecule has 0 spiro atoms. The van der Waals surface area contributed by atoms with Crippen LogP contribution in [0.3, 0.4) is 0 Å². The molecular weight excluding hydrogens is 417 g/mol. The fraction of sp³-hybridized carbons (Fsp3) is 0.435. The molecule has 0 radical (unpaired) electrons. The quantitative estimate of drug-likeness (QED) is 0.448. The third-order valence-electron chi connectivity index (χ3n) is 5.94. The van der Waals surface area contributed by atoms with Gasteiger partial charge in [-0.05, 0) is 79.8 Å². The molecule has 0 aliphatic heterocycles. The van der Waals surface area contributed by atoms with Crippen LogP contribution in [0.5, 0.6) is 5.75 Å². The van der Waals surface area contributed by atoms with Gasteiger partial charge in [0.15, 0.2) is 0 Å². The smallest absolute Gasteiger partial charge is 0.416 e. The molecule has 0 amide bonds. The minimum Gasteiger partial charge on any atom is -0.492 e. The Morgan fingerprint density at radius 2 is 1.77 bits per heavy atom. The second-order valence-electron chi connectivity index (χ2n) is 8.08. The summed E-state index contributed by atoms with van der Waals surface area (Å²) in [6.07, 6.45) is 1.02. The summed E-state index contributed by atoms with van der Waals surface area (Å²) in [5.74, 6) is 0.975. The Morgan fingerprint density at radius 1 is 1.10 bits per heavy atom. The van der Waals surface area contributed by atoms with Gasteiger partial charge >= 0.3 is 6.18 Å². The maximum Gasteiger partial charge on any atom is 0.416 e. The number of carbonyl (C=O) groups excluding carboxylic acids is 1. The third kappa shape index (κ3) is 4.29. The standard InChI is InChI=1S/C23H22ClF3O3/c24-21-19(16-5-7-17(8-6-16)23(25,26)27)11-18(12-20(21)29-13-15-3-4-15)22(30-14-28)9-1-2-10-22/h5-8,11-12,14-15H,1-4,9-10,13H2. The lowest BCUT2D eigenvalue weighted by atomic mass is 9.89. The lowest BCUT2D eigenvalue weighted by Crippen LogP contribution is -2.25. The van der Waals surface area contributed by atoms with Crippen molar-refractivity contribution >= 4 is 18.1 Å². The van der Waals surface area contributed by atoms with Crippen LogP contribution in [0, 0.1) is 5.92 Å². The first-order valence-corrected chi connectivity index (χ1v) is 10.5. The summed E-state index contributed by atoms with van der Waals surface area (Å²) in [5, 5.41) is 0.346. The zero-order chi connectivity index (χ0) is 21.4. The average Bonchev–Trinajstić information content (AvgIpc) is 3.43. The summed E-state index contributed by atoms with van der Waals surface area (Å²) >= 11 is 6.62. The second kappa shape index (κ2) is 8.14. The van der Waals surface area contributed by atoms with Crippen molar-refractivity contribution < 1.29 is 27.4 Å². The van der Waals surface area contributed by atoms with Crippen molar-refractivity contribution in [3.8, 4) is 16.9 Å². The van der Waals surface area contributed by atoms with Gasteiger partial charge in [-0.15, -0.1) is 0 Å². The SMILES string of the molecule is O=COC1(c2cc(OCC3CC3)c(Cl)c(-c3ccc(C(F)(F)F)cc3)c2)CCCC1. The molecule has 2 aliphatic rings. The normalized spacial score (nSPS) is 18.3. The van der Waals surface area contributed by atoms with Crippen LogP contribution in [0.25, 0.3) is 11.1 Å². The van der Waals surface area contributed by atoms with Gasteiger partial charge in [-0.3, -0.25) is 4.79 Å². The van der Waals surface area contributed by atoms with Gasteiger partial charge in [0.25, 0.3) is 6.47 Å². The molecule has 7 heteroatoms. The summed E-state index contributed by atoms with van der Waals surface area (Å²) in [4.78, 5) is 11.2. The van der Waals surface area contributed by atoms with E-state index in [1.165, 1.54) is 12.1 Å². The van der Waals surface area contributed by atoms with Gasteiger partial charge in [0.2, 0.25) is 0 Å². The highest BCUT2D eigenvalue weighted by molar-refractivity contribution is 6.34. The molecule has 3 nitrogen and oxygen atoms in total. The van der Waals surface area contributed by atoms with E-state index in [1.807, 2.05) is 12.1 Å². The number of alkyl halides is 3. The molecule has 2 aromatic rings. The fourth-order valence-corrected chi connectivity index (χ4v) is 4.29. The van der Waals surface area contributed by atoms with Crippen molar-refractivity contribution in [2.45, 2.75) is 50.3 Å². The van der Waals surface area contributed by atoms with Crippen LogP contribution >= 0.6 is 11.6 Å². The van der Waals surface area contributed by atoms with Gasteiger partial charge in [-0.2, -0.15) is 13.2 Å². The number of rotatable bonds is 7. The molecule has 2 aromatic carbocycles. The second-order valence-corrected chi connectivity index (χ2v) is 8.46. The van der Waals surface area contributed by atoms with Crippen molar-refractivity contribution in [3.05, 3.63) is 52.5 Å². The van der Waals surface area contributed by atoms with E-state index in [0.717, 1.165) is 43.4 Å².